The number of rotatable bonds is 7. The fraction of sp³-hybridized carbons (Fsp3) is 0.348. The highest BCUT2D eigenvalue weighted by Gasteiger charge is 2.27. The molecule has 0 saturated carbocycles. The molecule has 4 rings (SSSR count). The van der Waals surface area contributed by atoms with Crippen LogP contribution >= 0.6 is 0 Å². The molecule has 1 aromatic carbocycles. The number of hydrogen-bond acceptors (Lipinski definition) is 5. The van der Waals surface area contributed by atoms with E-state index in [0.717, 1.165) is 16.3 Å². The largest absolute Gasteiger partial charge is 0.482 e. The molecule has 3 aromatic rings. The Hall–Kier alpha value is -2.84. The summed E-state index contributed by atoms with van der Waals surface area (Å²) in [6.45, 7) is 4.81. The van der Waals surface area contributed by atoms with Gasteiger partial charge < -0.3 is 13.7 Å². The highest BCUT2D eigenvalue weighted by atomic mass is 32.2. The third-order valence-electron chi connectivity index (χ3n) is 5.43. The Morgan fingerprint density at radius 2 is 1.87 bits per heavy atom. The van der Waals surface area contributed by atoms with Crippen LogP contribution in [0.5, 0.6) is 5.75 Å². The minimum absolute atomic E-state index is 0.152. The molecule has 0 spiro atoms. The first-order chi connectivity index (χ1) is 14.8. The van der Waals surface area contributed by atoms with Crippen molar-refractivity contribution in [3.63, 3.8) is 0 Å². The number of aromatic nitrogens is 1. The molecular weight excluding hydrogens is 416 g/mol. The molecule has 0 amide bonds. The summed E-state index contributed by atoms with van der Waals surface area (Å²) in [6, 6.07) is 9.50. The van der Waals surface area contributed by atoms with Crippen molar-refractivity contribution >= 4 is 20.8 Å². The summed E-state index contributed by atoms with van der Waals surface area (Å²) in [5.41, 5.74) is 0.732. The zero-order chi connectivity index (χ0) is 22.0. The smallest absolute Gasteiger partial charge is 0.227 e. The van der Waals surface area contributed by atoms with E-state index in [1.807, 2.05) is 47.3 Å². The van der Waals surface area contributed by atoms with Gasteiger partial charge in [0, 0.05) is 31.5 Å². The van der Waals surface area contributed by atoms with Crippen molar-refractivity contribution in [3.8, 4) is 5.75 Å². The number of ether oxygens (including phenoxy) is 1. The minimum Gasteiger partial charge on any atom is -0.482 e. The van der Waals surface area contributed by atoms with Crippen LogP contribution in [0.15, 0.2) is 69.8 Å². The summed E-state index contributed by atoms with van der Waals surface area (Å²) < 4.78 is 39.2. The monoisotopic (exact) mass is 442 g/mol. The van der Waals surface area contributed by atoms with Gasteiger partial charge in [0.2, 0.25) is 21.2 Å². The van der Waals surface area contributed by atoms with Crippen LogP contribution in [-0.4, -0.2) is 42.2 Å². The van der Waals surface area contributed by atoms with Gasteiger partial charge in [-0.15, -0.1) is 0 Å². The molecule has 2 aromatic heterocycles. The van der Waals surface area contributed by atoms with Gasteiger partial charge in [0.1, 0.15) is 18.6 Å². The van der Waals surface area contributed by atoms with Crippen LogP contribution in [0.25, 0.3) is 10.8 Å². The first-order valence-electron chi connectivity index (χ1n) is 10.3. The summed E-state index contributed by atoms with van der Waals surface area (Å²) in [5.74, 6) is 0.698. The van der Waals surface area contributed by atoms with Crippen LogP contribution in [0.4, 0.5) is 0 Å². The summed E-state index contributed by atoms with van der Waals surface area (Å²) in [4.78, 5) is 12.4. The summed E-state index contributed by atoms with van der Waals surface area (Å²) in [5, 5.41) is 1.82. The fourth-order valence-electron chi connectivity index (χ4n) is 3.56. The van der Waals surface area contributed by atoms with Crippen molar-refractivity contribution in [2.45, 2.75) is 32.1 Å². The van der Waals surface area contributed by atoms with E-state index in [4.69, 9.17) is 9.15 Å². The van der Waals surface area contributed by atoms with Gasteiger partial charge in [-0.05, 0) is 36.6 Å². The number of benzene rings is 1. The lowest BCUT2D eigenvalue weighted by Crippen LogP contribution is -2.39. The van der Waals surface area contributed by atoms with Crippen molar-refractivity contribution in [3.05, 3.63) is 76.6 Å². The predicted octanol–water partition coefficient (Wildman–Crippen LogP) is 3.39. The maximum atomic E-state index is 12.4. The van der Waals surface area contributed by atoms with Crippen LogP contribution in [-0.2, 0) is 16.6 Å². The maximum absolute atomic E-state index is 12.4. The van der Waals surface area contributed by atoms with Crippen molar-refractivity contribution in [2.24, 2.45) is 0 Å². The molecule has 7 nitrogen and oxygen atoms in total. The number of nitrogens with zero attached hydrogens (tertiary/aromatic N) is 2. The first-order valence-corrected chi connectivity index (χ1v) is 11.8. The molecule has 31 heavy (non-hydrogen) atoms. The highest BCUT2D eigenvalue weighted by Crippen LogP contribution is 2.19. The SMILES string of the molecule is CC(C)S(=O)(=O)N1CC=C(COc2coc(Cn3cc4ccccc4c3)cc2=O)CC1. The quantitative estimate of drug-likeness (QED) is 0.524. The molecule has 8 heteroatoms. The van der Waals surface area contributed by atoms with Gasteiger partial charge in [0.25, 0.3) is 0 Å². The van der Waals surface area contributed by atoms with Crippen molar-refractivity contribution in [1.29, 1.82) is 0 Å². The third-order valence-corrected chi connectivity index (χ3v) is 7.67. The van der Waals surface area contributed by atoms with E-state index in [1.54, 1.807) is 13.8 Å². The molecule has 164 valence electrons. The molecule has 0 saturated heterocycles. The topological polar surface area (TPSA) is 81.8 Å². The second-order valence-corrected chi connectivity index (χ2v) is 10.5. The Bertz CT molecular complexity index is 1240. The van der Waals surface area contributed by atoms with E-state index in [1.165, 1.54) is 16.6 Å². The first kappa shape index (κ1) is 21.4. The van der Waals surface area contributed by atoms with Crippen molar-refractivity contribution in [2.75, 3.05) is 19.7 Å². The van der Waals surface area contributed by atoms with E-state index < -0.39 is 15.3 Å². The van der Waals surface area contributed by atoms with Crippen molar-refractivity contribution < 1.29 is 17.6 Å². The Morgan fingerprint density at radius 3 is 2.45 bits per heavy atom. The molecule has 0 radical (unpaired) electrons. The second kappa shape index (κ2) is 8.72. The van der Waals surface area contributed by atoms with E-state index >= 15 is 0 Å². The standard InChI is InChI=1S/C23H26N2O5S/c1-17(2)31(27,28)25-9-7-18(8-10-25)15-30-23-16-29-21(11-22(23)26)14-24-12-19-5-3-4-6-20(19)13-24/h3-7,11-13,16-17H,8-10,14-15H2,1-2H3. The predicted molar refractivity (Wildman–Crippen MR) is 120 cm³/mol. The van der Waals surface area contributed by atoms with Gasteiger partial charge in [-0.1, -0.05) is 30.3 Å². The lowest BCUT2D eigenvalue weighted by molar-refractivity contribution is 0.316. The molecule has 0 aliphatic carbocycles. The van der Waals surface area contributed by atoms with Gasteiger partial charge in [0.05, 0.1) is 11.8 Å². The molecule has 1 aliphatic rings. The van der Waals surface area contributed by atoms with Crippen LogP contribution in [0.2, 0.25) is 0 Å². The highest BCUT2D eigenvalue weighted by molar-refractivity contribution is 7.89. The van der Waals surface area contributed by atoms with Gasteiger partial charge in [-0.25, -0.2) is 8.42 Å². The van der Waals surface area contributed by atoms with Crippen LogP contribution in [0, 0.1) is 0 Å². The maximum Gasteiger partial charge on any atom is 0.227 e. The average Bonchev–Trinajstić information content (AvgIpc) is 3.15. The summed E-state index contributed by atoms with van der Waals surface area (Å²) >= 11 is 0. The molecule has 3 heterocycles. The molecule has 0 bridgehead atoms. The van der Waals surface area contributed by atoms with Gasteiger partial charge in [0.15, 0.2) is 0 Å². The van der Waals surface area contributed by atoms with E-state index in [9.17, 15) is 13.2 Å². The van der Waals surface area contributed by atoms with Gasteiger partial charge in [-0.3, -0.25) is 4.79 Å². The van der Waals surface area contributed by atoms with Gasteiger partial charge >= 0.3 is 0 Å². The lowest BCUT2D eigenvalue weighted by Gasteiger charge is -2.27. The van der Waals surface area contributed by atoms with E-state index in [0.29, 0.717) is 31.8 Å². The zero-order valence-electron chi connectivity index (χ0n) is 17.7. The van der Waals surface area contributed by atoms with Crippen LogP contribution in [0.1, 0.15) is 26.0 Å². The molecule has 1 aliphatic heterocycles. The molecule has 0 atom stereocenters. The average molecular weight is 443 g/mol. The number of fused-ring (bicyclic) bond motifs is 1. The summed E-state index contributed by atoms with van der Waals surface area (Å²) in [6.07, 6.45) is 7.81. The Labute approximate surface area is 181 Å². The molecule has 0 fully saturated rings. The molecule has 0 unspecified atom stereocenters. The van der Waals surface area contributed by atoms with Crippen LogP contribution < -0.4 is 10.2 Å². The second-order valence-electron chi connectivity index (χ2n) is 7.99. The van der Waals surface area contributed by atoms with E-state index in [-0.39, 0.29) is 17.8 Å². The minimum atomic E-state index is -3.26. The Morgan fingerprint density at radius 1 is 1.16 bits per heavy atom. The third kappa shape index (κ3) is 4.75. The van der Waals surface area contributed by atoms with Gasteiger partial charge in [-0.2, -0.15) is 4.31 Å². The lowest BCUT2D eigenvalue weighted by atomic mass is 10.1. The van der Waals surface area contributed by atoms with Crippen LogP contribution in [0.3, 0.4) is 0 Å². The zero-order valence-corrected chi connectivity index (χ0v) is 18.5. The molecule has 0 N–H and O–H groups in total. The Kier molecular flexibility index (Phi) is 6.02. The Balaban J connectivity index is 1.37. The number of hydrogen-bond donors (Lipinski definition) is 0. The normalized spacial score (nSPS) is 15.4. The summed E-state index contributed by atoms with van der Waals surface area (Å²) in [7, 11) is -3.26. The number of sulfonamides is 1. The molecular formula is C23H26N2O5S. The fourth-order valence-corrected chi connectivity index (χ4v) is 4.79. The van der Waals surface area contributed by atoms with E-state index in [2.05, 4.69) is 0 Å². The van der Waals surface area contributed by atoms with Crippen molar-refractivity contribution in [1.82, 2.24) is 8.87 Å².